The van der Waals surface area contributed by atoms with E-state index in [1.807, 2.05) is 18.2 Å². The number of benzene rings is 1. The lowest BCUT2D eigenvalue weighted by Crippen LogP contribution is -2.53. The first-order valence-corrected chi connectivity index (χ1v) is 17.1. The van der Waals surface area contributed by atoms with Crippen LogP contribution in [0.1, 0.15) is 105 Å². The largest absolute Gasteiger partial charge is 0.460 e. The van der Waals surface area contributed by atoms with E-state index in [4.69, 9.17) is 9.47 Å². The molecule has 2 atom stereocenters. The van der Waals surface area contributed by atoms with Gasteiger partial charge in [-0.25, -0.2) is 0 Å². The first-order chi connectivity index (χ1) is 22.0. The van der Waals surface area contributed by atoms with Crippen molar-refractivity contribution in [1.29, 1.82) is 0 Å². The molecule has 2 aliphatic heterocycles. The average Bonchev–Trinajstić information content (AvgIpc) is 3.41. The predicted octanol–water partition coefficient (Wildman–Crippen LogP) is 4.07. The van der Waals surface area contributed by atoms with Crippen molar-refractivity contribution in [3.63, 3.8) is 0 Å². The van der Waals surface area contributed by atoms with Gasteiger partial charge in [0.2, 0.25) is 17.7 Å². The second-order valence-corrected chi connectivity index (χ2v) is 15.4. The third kappa shape index (κ3) is 9.78. The first-order valence-electron chi connectivity index (χ1n) is 17.1. The van der Waals surface area contributed by atoms with Crippen molar-refractivity contribution in [2.45, 2.75) is 129 Å². The van der Waals surface area contributed by atoms with Crippen LogP contribution in [0.3, 0.4) is 0 Å². The lowest BCUT2D eigenvalue weighted by Gasteiger charge is -2.35. The molecule has 0 radical (unpaired) electrons. The molecule has 0 bridgehead atoms. The summed E-state index contributed by atoms with van der Waals surface area (Å²) in [5, 5.41) is 12.9. The van der Waals surface area contributed by atoms with Crippen LogP contribution in [0.2, 0.25) is 0 Å². The highest BCUT2D eigenvalue weighted by Crippen LogP contribution is 2.45. The number of ether oxygens (including phenoxy) is 2. The number of aryl methyl sites for hydroxylation is 1. The van der Waals surface area contributed by atoms with E-state index in [1.165, 1.54) is 4.90 Å². The van der Waals surface area contributed by atoms with Gasteiger partial charge in [0.1, 0.15) is 23.8 Å². The van der Waals surface area contributed by atoms with E-state index in [0.717, 1.165) is 18.4 Å². The van der Waals surface area contributed by atoms with E-state index in [2.05, 4.69) is 5.32 Å². The van der Waals surface area contributed by atoms with Crippen molar-refractivity contribution in [2.24, 2.45) is 11.3 Å². The van der Waals surface area contributed by atoms with Gasteiger partial charge in [0, 0.05) is 25.2 Å². The molecule has 1 aliphatic carbocycles. The number of aliphatic hydroxyl groups is 1. The van der Waals surface area contributed by atoms with Gasteiger partial charge in [-0.1, -0.05) is 31.0 Å². The van der Waals surface area contributed by atoms with Crippen LogP contribution in [-0.2, 0) is 39.9 Å². The predicted molar refractivity (Wildman–Crippen MR) is 176 cm³/mol. The van der Waals surface area contributed by atoms with Crippen LogP contribution in [0.25, 0.3) is 0 Å². The van der Waals surface area contributed by atoms with Gasteiger partial charge in [0.25, 0.3) is 0 Å². The summed E-state index contributed by atoms with van der Waals surface area (Å²) in [6.07, 6.45) is 4.02. The number of para-hydroxylation sites is 1. The molecule has 4 rings (SSSR count). The Morgan fingerprint density at radius 1 is 0.957 bits per heavy atom. The summed E-state index contributed by atoms with van der Waals surface area (Å²) < 4.78 is 11.3. The highest BCUT2D eigenvalue weighted by molar-refractivity contribution is 6.03. The molecule has 3 amide bonds. The Kier molecular flexibility index (Phi) is 11.4. The van der Waals surface area contributed by atoms with E-state index in [-0.39, 0.29) is 31.2 Å². The molecule has 1 saturated carbocycles. The maximum absolute atomic E-state index is 14.3. The fourth-order valence-corrected chi connectivity index (χ4v) is 6.95. The lowest BCUT2D eigenvalue weighted by molar-refractivity contribution is -0.164. The minimum absolute atomic E-state index is 0.0959. The second kappa shape index (κ2) is 14.7. The van der Waals surface area contributed by atoms with Gasteiger partial charge in [0.15, 0.2) is 0 Å². The van der Waals surface area contributed by atoms with Crippen molar-refractivity contribution in [3.05, 3.63) is 29.8 Å². The molecule has 11 heteroatoms. The number of amides is 3. The van der Waals surface area contributed by atoms with Crippen LogP contribution in [0, 0.1) is 11.3 Å². The van der Waals surface area contributed by atoms with Gasteiger partial charge in [-0.3, -0.25) is 28.9 Å². The highest BCUT2D eigenvalue weighted by atomic mass is 16.6. The molecule has 1 aromatic rings. The number of anilines is 1. The Morgan fingerprint density at radius 2 is 1.57 bits per heavy atom. The number of nitrogens with one attached hydrogen (secondary N) is 1. The molecule has 2 N–H and O–H groups in total. The van der Waals surface area contributed by atoms with Gasteiger partial charge in [0.05, 0.1) is 17.4 Å². The third-order valence-electron chi connectivity index (χ3n) is 9.22. The number of carbonyl (C=O) groups excluding carboxylic acids is 5. The number of hydrogen-bond donors (Lipinski definition) is 2. The Hall–Kier alpha value is -3.47. The zero-order valence-corrected chi connectivity index (χ0v) is 28.9. The van der Waals surface area contributed by atoms with Crippen molar-refractivity contribution in [3.8, 4) is 0 Å². The molecule has 2 fully saturated rings. The third-order valence-corrected chi connectivity index (χ3v) is 9.22. The fraction of sp³-hybridized carbons (Fsp3) is 0.694. The summed E-state index contributed by atoms with van der Waals surface area (Å²) in [6.45, 7) is 11.1. The summed E-state index contributed by atoms with van der Waals surface area (Å²) in [4.78, 5) is 71.3. The first kappa shape index (κ1) is 36.4. The van der Waals surface area contributed by atoms with E-state index in [0.29, 0.717) is 57.3 Å². The van der Waals surface area contributed by atoms with Crippen LogP contribution in [0.5, 0.6) is 0 Å². The van der Waals surface area contributed by atoms with E-state index >= 15 is 0 Å². The molecule has 260 valence electrons. The van der Waals surface area contributed by atoms with E-state index < -0.39 is 52.5 Å². The normalized spacial score (nSPS) is 21.0. The molecule has 1 unspecified atom stereocenters. The molecule has 3 aliphatic rings. The van der Waals surface area contributed by atoms with Crippen molar-refractivity contribution < 1.29 is 38.6 Å². The maximum Gasteiger partial charge on any atom is 0.326 e. The lowest BCUT2D eigenvalue weighted by atomic mass is 9.75. The minimum atomic E-state index is -0.963. The Morgan fingerprint density at radius 3 is 2.19 bits per heavy atom. The molecular weight excluding hydrogens is 602 g/mol. The Bertz CT molecular complexity index is 1320. The molecule has 47 heavy (non-hydrogen) atoms. The Balaban J connectivity index is 1.56. The summed E-state index contributed by atoms with van der Waals surface area (Å²) in [5.41, 5.74) is -0.960. The van der Waals surface area contributed by atoms with Crippen molar-refractivity contribution in [1.82, 2.24) is 10.2 Å². The zero-order valence-electron chi connectivity index (χ0n) is 28.9. The van der Waals surface area contributed by atoms with Gasteiger partial charge < -0.3 is 24.8 Å². The Labute approximate surface area is 278 Å². The second-order valence-electron chi connectivity index (χ2n) is 15.4. The van der Waals surface area contributed by atoms with Crippen LogP contribution in [0.4, 0.5) is 5.69 Å². The summed E-state index contributed by atoms with van der Waals surface area (Å²) in [5.74, 6) is -2.84. The summed E-state index contributed by atoms with van der Waals surface area (Å²) in [7, 11) is 0. The molecule has 11 nitrogen and oxygen atoms in total. The van der Waals surface area contributed by atoms with Crippen LogP contribution in [0.15, 0.2) is 24.3 Å². The SMILES string of the molecule is CC(C)(C)OC(=O)CN1C(=O)[C@@H](NC(=O)C2(CC(CC(=O)N3CCC(O)CC3)C(=O)OC(C)(C)C)CCCC2)CCc2ccccc21. The zero-order chi connectivity index (χ0) is 34.6. The number of aliphatic hydroxyl groups excluding tert-OH is 1. The van der Waals surface area contributed by atoms with Gasteiger partial charge in [-0.05, 0) is 98.1 Å². The van der Waals surface area contributed by atoms with E-state index in [9.17, 15) is 29.1 Å². The average molecular weight is 656 g/mol. The number of nitrogens with zero attached hydrogens (tertiary/aromatic N) is 2. The molecule has 0 spiro atoms. The molecule has 0 aromatic heterocycles. The quantitative estimate of drug-likeness (QED) is 0.379. The topological polar surface area (TPSA) is 143 Å². The number of piperidine rings is 1. The monoisotopic (exact) mass is 655 g/mol. The van der Waals surface area contributed by atoms with Gasteiger partial charge in [-0.2, -0.15) is 0 Å². The minimum Gasteiger partial charge on any atom is -0.460 e. The van der Waals surface area contributed by atoms with Gasteiger partial charge in [-0.15, -0.1) is 0 Å². The van der Waals surface area contributed by atoms with Crippen LogP contribution in [-0.4, -0.2) is 82.6 Å². The molecule has 2 heterocycles. The molecule has 1 saturated heterocycles. The summed E-state index contributed by atoms with van der Waals surface area (Å²) in [6, 6.07) is 6.51. The number of rotatable bonds is 9. The number of hydrogen-bond acceptors (Lipinski definition) is 8. The standard InChI is InChI=1S/C36H53N3O8/c1-34(2,3)46-30(42)23-39-28-12-8-7-11-24(28)13-14-27(31(39)43)37-33(45)36(17-9-10-18-36)22-25(32(44)47-35(4,5)6)21-29(41)38-19-15-26(40)16-20-38/h7-8,11-12,25-27,40H,9-10,13-23H2,1-6H3,(H,37,45)/t25?,27-/m0/s1. The van der Waals surface area contributed by atoms with Crippen LogP contribution < -0.4 is 10.2 Å². The van der Waals surface area contributed by atoms with Gasteiger partial charge >= 0.3 is 11.9 Å². The van der Waals surface area contributed by atoms with Crippen LogP contribution >= 0.6 is 0 Å². The van der Waals surface area contributed by atoms with E-state index in [1.54, 1.807) is 52.5 Å². The number of likely N-dealkylation sites (tertiary alicyclic amines) is 1. The smallest absolute Gasteiger partial charge is 0.326 e. The van der Waals surface area contributed by atoms with Crippen molar-refractivity contribution >= 4 is 35.3 Å². The van der Waals surface area contributed by atoms with Crippen molar-refractivity contribution in [2.75, 3.05) is 24.5 Å². The summed E-state index contributed by atoms with van der Waals surface area (Å²) >= 11 is 0. The fourth-order valence-electron chi connectivity index (χ4n) is 6.95. The maximum atomic E-state index is 14.3. The molecule has 1 aromatic carbocycles. The number of fused-ring (bicyclic) bond motifs is 1. The molecular formula is C36H53N3O8. The number of esters is 2. The highest BCUT2D eigenvalue weighted by Gasteiger charge is 2.47. The number of carbonyl (C=O) groups is 5.